The zero-order valence-electron chi connectivity index (χ0n) is 16.2. The van der Waals surface area contributed by atoms with Crippen LogP contribution in [0.2, 0.25) is 0 Å². The van der Waals surface area contributed by atoms with Crippen LogP contribution in [0, 0.1) is 0 Å². The van der Waals surface area contributed by atoms with Crippen molar-refractivity contribution in [2.45, 2.75) is 39.2 Å². The minimum absolute atomic E-state index is 0.240. The van der Waals surface area contributed by atoms with Crippen molar-refractivity contribution in [1.29, 1.82) is 0 Å². The summed E-state index contributed by atoms with van der Waals surface area (Å²) in [6.45, 7) is 1.02. The molecule has 0 amide bonds. The molecular weight excluding hydrogens is 378 g/mol. The Morgan fingerprint density at radius 3 is 2.69 bits per heavy atom. The highest BCUT2D eigenvalue weighted by Gasteiger charge is 2.20. The maximum absolute atomic E-state index is 12.3. The van der Waals surface area contributed by atoms with Crippen LogP contribution in [0.15, 0.2) is 27.8 Å². The Labute approximate surface area is 166 Å². The van der Waals surface area contributed by atoms with Crippen LogP contribution < -0.4 is 21.7 Å². The topological polar surface area (TPSA) is 133 Å². The summed E-state index contributed by atoms with van der Waals surface area (Å²) in [5.74, 6) is -1.23. The number of aromatic nitrogens is 2. The number of esters is 1. The van der Waals surface area contributed by atoms with Gasteiger partial charge in [0, 0.05) is 6.54 Å². The largest absolute Gasteiger partial charge is 0.482 e. The predicted molar refractivity (Wildman–Crippen MR) is 105 cm³/mol. The smallest absolute Gasteiger partial charge is 0.344 e. The number of fused-ring (bicyclic) bond motifs is 1. The SMILES string of the molecule is CCCn1c(N)c(C(=O)COC(=O)COc2ccc3c(c2)CCC3)c(=O)[nH]c1=O. The normalized spacial score (nSPS) is 12.4. The van der Waals surface area contributed by atoms with Crippen molar-refractivity contribution < 1.29 is 19.1 Å². The van der Waals surface area contributed by atoms with Crippen LogP contribution in [0.5, 0.6) is 5.75 Å². The predicted octanol–water partition coefficient (Wildman–Crippen LogP) is 0.822. The number of carbonyl (C=O) groups is 2. The Balaban J connectivity index is 1.59. The molecule has 1 aromatic carbocycles. The van der Waals surface area contributed by atoms with Gasteiger partial charge in [0.25, 0.3) is 5.56 Å². The number of nitrogens with one attached hydrogen (secondary N) is 1. The third-order valence-corrected chi connectivity index (χ3v) is 4.76. The third-order valence-electron chi connectivity index (χ3n) is 4.76. The second-order valence-corrected chi connectivity index (χ2v) is 6.83. The van der Waals surface area contributed by atoms with Crippen LogP contribution in [-0.2, 0) is 28.9 Å². The summed E-state index contributed by atoms with van der Waals surface area (Å²) in [5, 5.41) is 0. The molecule has 0 saturated carbocycles. The van der Waals surface area contributed by atoms with E-state index in [1.165, 1.54) is 11.1 Å². The zero-order valence-corrected chi connectivity index (χ0v) is 16.2. The fourth-order valence-electron chi connectivity index (χ4n) is 3.34. The van der Waals surface area contributed by atoms with Crippen molar-refractivity contribution in [2.75, 3.05) is 18.9 Å². The number of hydrogen-bond acceptors (Lipinski definition) is 7. The maximum Gasteiger partial charge on any atom is 0.344 e. The molecule has 0 saturated heterocycles. The van der Waals surface area contributed by atoms with Crippen molar-refractivity contribution in [3.8, 4) is 5.75 Å². The molecule has 1 aromatic heterocycles. The molecule has 0 fully saturated rings. The van der Waals surface area contributed by atoms with E-state index in [2.05, 4.69) is 4.98 Å². The molecule has 0 spiro atoms. The number of nitrogens with two attached hydrogens (primary N) is 1. The lowest BCUT2D eigenvalue weighted by Gasteiger charge is -2.11. The number of rotatable bonds is 8. The van der Waals surface area contributed by atoms with Gasteiger partial charge in [0.2, 0.25) is 5.78 Å². The van der Waals surface area contributed by atoms with Gasteiger partial charge in [-0.15, -0.1) is 0 Å². The lowest BCUT2D eigenvalue weighted by Crippen LogP contribution is -2.37. The standard InChI is InChI=1S/C20H23N3O6/c1-2-8-23-18(21)17(19(26)22-20(23)27)15(24)10-29-16(25)11-28-14-7-6-12-4-3-5-13(12)9-14/h6-7,9H,2-5,8,10-11,21H2,1H3,(H,22,26,27). The monoisotopic (exact) mass is 401 g/mol. The van der Waals surface area contributed by atoms with Gasteiger partial charge >= 0.3 is 11.7 Å². The van der Waals surface area contributed by atoms with Crippen LogP contribution in [0.3, 0.4) is 0 Å². The first-order chi connectivity index (χ1) is 13.9. The van der Waals surface area contributed by atoms with Gasteiger partial charge in [0.15, 0.2) is 13.2 Å². The second kappa shape index (κ2) is 8.76. The molecule has 0 unspecified atom stereocenters. The lowest BCUT2D eigenvalue weighted by molar-refractivity contribution is -0.144. The number of ether oxygens (including phenoxy) is 2. The molecule has 1 aliphatic rings. The van der Waals surface area contributed by atoms with Crippen molar-refractivity contribution in [2.24, 2.45) is 0 Å². The van der Waals surface area contributed by atoms with Crippen LogP contribution >= 0.6 is 0 Å². The molecule has 1 heterocycles. The van der Waals surface area contributed by atoms with Gasteiger partial charge in [0.1, 0.15) is 17.1 Å². The van der Waals surface area contributed by atoms with E-state index in [1.54, 1.807) is 6.07 Å². The van der Waals surface area contributed by atoms with Gasteiger partial charge in [0.05, 0.1) is 0 Å². The second-order valence-electron chi connectivity index (χ2n) is 6.83. The van der Waals surface area contributed by atoms with E-state index in [1.807, 2.05) is 19.1 Å². The number of aromatic amines is 1. The van der Waals surface area contributed by atoms with E-state index in [-0.39, 0.29) is 19.0 Å². The summed E-state index contributed by atoms with van der Waals surface area (Å²) in [6, 6.07) is 5.67. The van der Waals surface area contributed by atoms with Crippen molar-refractivity contribution in [1.82, 2.24) is 9.55 Å². The van der Waals surface area contributed by atoms with E-state index < -0.39 is 35.2 Å². The van der Waals surface area contributed by atoms with E-state index in [4.69, 9.17) is 15.2 Å². The van der Waals surface area contributed by atoms with E-state index >= 15 is 0 Å². The summed E-state index contributed by atoms with van der Waals surface area (Å²) in [7, 11) is 0. The summed E-state index contributed by atoms with van der Waals surface area (Å²) < 4.78 is 11.4. The van der Waals surface area contributed by atoms with Gasteiger partial charge in [-0.05, 0) is 48.9 Å². The molecule has 3 N–H and O–H groups in total. The van der Waals surface area contributed by atoms with E-state index in [0.717, 1.165) is 23.8 Å². The Bertz CT molecular complexity index is 1050. The molecule has 0 bridgehead atoms. The van der Waals surface area contributed by atoms with Crippen LogP contribution in [0.25, 0.3) is 0 Å². The third kappa shape index (κ3) is 4.56. The molecular formula is C20H23N3O6. The minimum atomic E-state index is -0.907. The first kappa shape index (κ1) is 20.4. The molecule has 0 aliphatic heterocycles. The van der Waals surface area contributed by atoms with Gasteiger partial charge in [-0.25, -0.2) is 9.59 Å². The zero-order chi connectivity index (χ0) is 21.0. The fraction of sp³-hybridized carbons (Fsp3) is 0.400. The van der Waals surface area contributed by atoms with E-state index in [9.17, 15) is 19.2 Å². The number of ketones is 1. The first-order valence-electron chi connectivity index (χ1n) is 9.46. The highest BCUT2D eigenvalue weighted by Crippen LogP contribution is 2.25. The lowest BCUT2D eigenvalue weighted by atomic mass is 10.1. The summed E-state index contributed by atoms with van der Waals surface area (Å²) in [6.07, 6.45) is 3.73. The minimum Gasteiger partial charge on any atom is -0.482 e. The van der Waals surface area contributed by atoms with Gasteiger partial charge in [-0.1, -0.05) is 13.0 Å². The molecule has 3 rings (SSSR count). The summed E-state index contributed by atoms with van der Waals surface area (Å²) in [5.41, 5.74) is 6.32. The number of hydrogen-bond donors (Lipinski definition) is 2. The number of nitrogen functional groups attached to an aromatic ring is 1. The number of benzene rings is 1. The van der Waals surface area contributed by atoms with Crippen LogP contribution in [0.4, 0.5) is 5.82 Å². The Morgan fingerprint density at radius 1 is 1.17 bits per heavy atom. The summed E-state index contributed by atoms with van der Waals surface area (Å²) in [4.78, 5) is 50.1. The number of Topliss-reactive ketones (excluding diaryl/α,β-unsaturated/α-hetero) is 1. The molecule has 0 radical (unpaired) electrons. The average molecular weight is 401 g/mol. The Hall–Kier alpha value is -3.36. The highest BCUT2D eigenvalue weighted by atomic mass is 16.6. The van der Waals surface area contributed by atoms with Crippen molar-refractivity contribution in [3.63, 3.8) is 0 Å². The number of nitrogens with zero attached hydrogens (tertiary/aromatic N) is 1. The average Bonchev–Trinajstić information content (AvgIpc) is 3.15. The van der Waals surface area contributed by atoms with Crippen molar-refractivity contribution >= 4 is 17.6 Å². The van der Waals surface area contributed by atoms with E-state index in [0.29, 0.717) is 12.2 Å². The van der Waals surface area contributed by atoms with Crippen LogP contribution in [0.1, 0.15) is 41.3 Å². The van der Waals surface area contributed by atoms with Gasteiger partial charge in [-0.2, -0.15) is 0 Å². The highest BCUT2D eigenvalue weighted by molar-refractivity contribution is 6.01. The molecule has 154 valence electrons. The van der Waals surface area contributed by atoms with Gasteiger partial charge < -0.3 is 15.2 Å². The van der Waals surface area contributed by atoms with Gasteiger partial charge in [-0.3, -0.25) is 19.1 Å². The maximum atomic E-state index is 12.3. The Morgan fingerprint density at radius 2 is 1.93 bits per heavy atom. The summed E-state index contributed by atoms with van der Waals surface area (Å²) >= 11 is 0. The molecule has 9 heteroatoms. The molecule has 2 aromatic rings. The quantitative estimate of drug-likeness (QED) is 0.494. The molecule has 1 aliphatic carbocycles. The van der Waals surface area contributed by atoms with Crippen molar-refractivity contribution in [3.05, 3.63) is 55.7 Å². The first-order valence-corrected chi connectivity index (χ1v) is 9.46. The molecule has 9 nitrogen and oxygen atoms in total. The Kier molecular flexibility index (Phi) is 6.16. The number of H-pyrrole nitrogens is 1. The number of aryl methyl sites for hydroxylation is 2. The number of carbonyl (C=O) groups excluding carboxylic acids is 2. The molecule has 29 heavy (non-hydrogen) atoms. The van der Waals surface area contributed by atoms with Crippen LogP contribution in [-0.4, -0.2) is 34.5 Å². The number of anilines is 1. The fourth-order valence-corrected chi connectivity index (χ4v) is 3.34. The molecule has 0 atom stereocenters.